The molecule has 140 valence electrons. The highest BCUT2D eigenvalue weighted by molar-refractivity contribution is 7.98. The first-order chi connectivity index (χ1) is 12.4. The van der Waals surface area contributed by atoms with Gasteiger partial charge < -0.3 is 15.0 Å². The molecule has 0 spiro atoms. The molecular formula is C17H18F3N3O2S. The summed E-state index contributed by atoms with van der Waals surface area (Å²) in [6.07, 6.45) is -0.886. The lowest BCUT2D eigenvalue weighted by Gasteiger charge is -2.11. The van der Waals surface area contributed by atoms with Crippen LogP contribution in [0.15, 0.2) is 35.6 Å². The number of carbonyl (C=O) groups is 1. The van der Waals surface area contributed by atoms with Crippen LogP contribution in [0.5, 0.6) is 0 Å². The molecule has 1 fully saturated rings. The number of imidazole rings is 1. The summed E-state index contributed by atoms with van der Waals surface area (Å²) in [6.45, 7) is -0.188. The molecule has 1 aromatic heterocycles. The summed E-state index contributed by atoms with van der Waals surface area (Å²) in [5.41, 5.74) is 0.545. The number of aromatic nitrogens is 2. The molecule has 1 heterocycles. The van der Waals surface area contributed by atoms with Gasteiger partial charge in [0.1, 0.15) is 6.54 Å². The number of aliphatic hydroxyl groups is 1. The predicted octanol–water partition coefficient (Wildman–Crippen LogP) is 2.97. The van der Waals surface area contributed by atoms with Crippen LogP contribution in [0.2, 0.25) is 0 Å². The molecule has 26 heavy (non-hydrogen) atoms. The van der Waals surface area contributed by atoms with E-state index in [1.54, 1.807) is 4.57 Å². The van der Waals surface area contributed by atoms with Gasteiger partial charge in [0.15, 0.2) is 5.16 Å². The minimum Gasteiger partial charge on any atom is -0.390 e. The molecule has 9 heteroatoms. The van der Waals surface area contributed by atoms with Gasteiger partial charge in [0, 0.05) is 11.8 Å². The summed E-state index contributed by atoms with van der Waals surface area (Å²) in [5.74, 6) is 0.265. The molecule has 3 rings (SSSR count). The van der Waals surface area contributed by atoms with Crippen LogP contribution in [0.1, 0.15) is 29.7 Å². The third kappa shape index (κ3) is 4.79. The Bertz CT molecular complexity index is 771. The van der Waals surface area contributed by atoms with Crippen molar-refractivity contribution in [3.63, 3.8) is 0 Å². The van der Waals surface area contributed by atoms with E-state index in [2.05, 4.69) is 10.3 Å². The number of amides is 1. The maximum atomic E-state index is 12.6. The number of nitrogens with zero attached hydrogens (tertiary/aromatic N) is 2. The van der Waals surface area contributed by atoms with E-state index in [0.29, 0.717) is 22.2 Å². The van der Waals surface area contributed by atoms with E-state index in [0.717, 1.165) is 25.0 Å². The van der Waals surface area contributed by atoms with Crippen LogP contribution in [0, 0.1) is 0 Å². The van der Waals surface area contributed by atoms with Crippen molar-refractivity contribution in [2.24, 2.45) is 0 Å². The Morgan fingerprint density at radius 3 is 2.58 bits per heavy atom. The van der Waals surface area contributed by atoms with Crippen molar-refractivity contribution in [2.45, 2.75) is 49.1 Å². The predicted molar refractivity (Wildman–Crippen MR) is 90.3 cm³/mol. The quantitative estimate of drug-likeness (QED) is 0.719. The van der Waals surface area contributed by atoms with Crippen molar-refractivity contribution in [3.8, 4) is 0 Å². The van der Waals surface area contributed by atoms with Crippen LogP contribution in [-0.4, -0.2) is 26.6 Å². The van der Waals surface area contributed by atoms with E-state index >= 15 is 0 Å². The Morgan fingerprint density at radius 1 is 1.31 bits per heavy atom. The van der Waals surface area contributed by atoms with Crippen LogP contribution in [0.4, 0.5) is 13.2 Å². The number of halogens is 3. The number of hydrogen-bond acceptors (Lipinski definition) is 4. The molecule has 1 aromatic carbocycles. The Morgan fingerprint density at radius 2 is 2.00 bits per heavy atom. The summed E-state index contributed by atoms with van der Waals surface area (Å²) < 4.78 is 39.4. The van der Waals surface area contributed by atoms with Crippen molar-refractivity contribution in [1.82, 2.24) is 14.9 Å². The average molecular weight is 385 g/mol. The Hall–Kier alpha value is -2.00. The molecule has 0 bridgehead atoms. The number of carbonyl (C=O) groups excluding carboxylic acids is 1. The molecule has 0 saturated heterocycles. The molecule has 2 N–H and O–H groups in total. The molecule has 1 saturated carbocycles. The summed E-state index contributed by atoms with van der Waals surface area (Å²) >= 11 is 1.31. The van der Waals surface area contributed by atoms with Gasteiger partial charge in [0.05, 0.1) is 24.1 Å². The monoisotopic (exact) mass is 385 g/mol. The van der Waals surface area contributed by atoms with Crippen LogP contribution in [-0.2, 0) is 29.9 Å². The van der Waals surface area contributed by atoms with Gasteiger partial charge in [-0.25, -0.2) is 4.98 Å². The normalized spacial score (nSPS) is 14.5. The molecule has 1 aliphatic rings. The molecule has 0 radical (unpaired) electrons. The summed E-state index contributed by atoms with van der Waals surface area (Å²) in [7, 11) is 0. The van der Waals surface area contributed by atoms with E-state index in [1.165, 1.54) is 30.1 Å². The Balaban J connectivity index is 1.65. The fourth-order valence-corrected chi connectivity index (χ4v) is 3.34. The summed E-state index contributed by atoms with van der Waals surface area (Å²) in [5, 5.41) is 12.8. The van der Waals surface area contributed by atoms with Crippen LogP contribution >= 0.6 is 11.8 Å². The van der Waals surface area contributed by atoms with Gasteiger partial charge in [-0.05, 0) is 30.5 Å². The van der Waals surface area contributed by atoms with Crippen molar-refractivity contribution in [2.75, 3.05) is 0 Å². The molecule has 0 aliphatic heterocycles. The molecule has 1 amide bonds. The lowest BCUT2D eigenvalue weighted by molar-refractivity contribution is -0.137. The van der Waals surface area contributed by atoms with Crippen LogP contribution in [0.25, 0.3) is 0 Å². The maximum Gasteiger partial charge on any atom is 0.416 e. The standard InChI is InChI=1S/C17H18F3N3O2S/c18-17(19,20)12-3-1-11(2-4-12)10-26-16-21-7-14(9-24)23(16)8-15(25)22-13-5-6-13/h1-4,7,13,24H,5-6,8-10H2,(H,22,25). The van der Waals surface area contributed by atoms with Crippen LogP contribution < -0.4 is 5.32 Å². The van der Waals surface area contributed by atoms with Gasteiger partial charge in [-0.15, -0.1) is 0 Å². The highest BCUT2D eigenvalue weighted by Gasteiger charge is 2.30. The van der Waals surface area contributed by atoms with E-state index < -0.39 is 11.7 Å². The first-order valence-corrected chi connectivity index (χ1v) is 9.09. The maximum absolute atomic E-state index is 12.6. The van der Waals surface area contributed by atoms with Crippen molar-refractivity contribution in [1.29, 1.82) is 0 Å². The van der Waals surface area contributed by atoms with Crippen LogP contribution in [0.3, 0.4) is 0 Å². The highest BCUT2D eigenvalue weighted by Crippen LogP contribution is 2.30. The third-order valence-corrected chi connectivity index (χ3v) is 5.02. The van der Waals surface area contributed by atoms with Crippen molar-refractivity contribution >= 4 is 17.7 Å². The van der Waals surface area contributed by atoms with Gasteiger partial charge in [0.25, 0.3) is 0 Å². The zero-order valence-corrected chi connectivity index (χ0v) is 14.6. The molecule has 2 aromatic rings. The number of alkyl halides is 3. The minimum atomic E-state index is -4.35. The minimum absolute atomic E-state index is 0.0573. The lowest BCUT2D eigenvalue weighted by Crippen LogP contribution is -2.30. The third-order valence-electron chi connectivity index (χ3n) is 3.96. The van der Waals surface area contributed by atoms with Gasteiger partial charge in [0.2, 0.25) is 5.91 Å². The first-order valence-electron chi connectivity index (χ1n) is 8.10. The zero-order valence-electron chi connectivity index (χ0n) is 13.8. The lowest BCUT2D eigenvalue weighted by atomic mass is 10.1. The fourth-order valence-electron chi connectivity index (χ4n) is 2.38. The summed E-state index contributed by atoms with van der Waals surface area (Å²) in [4.78, 5) is 16.2. The second-order valence-electron chi connectivity index (χ2n) is 6.10. The van der Waals surface area contributed by atoms with E-state index in [-0.39, 0.29) is 25.1 Å². The average Bonchev–Trinajstić information content (AvgIpc) is 3.32. The second kappa shape index (κ2) is 7.71. The van der Waals surface area contributed by atoms with Crippen molar-refractivity contribution < 1.29 is 23.1 Å². The summed E-state index contributed by atoms with van der Waals surface area (Å²) in [6, 6.07) is 5.19. The smallest absolute Gasteiger partial charge is 0.390 e. The molecule has 1 aliphatic carbocycles. The van der Waals surface area contributed by atoms with Gasteiger partial charge in [-0.1, -0.05) is 23.9 Å². The molecule has 0 atom stereocenters. The first kappa shape index (κ1) is 18.8. The molecule has 0 unspecified atom stereocenters. The number of benzene rings is 1. The topological polar surface area (TPSA) is 67.2 Å². The number of rotatable bonds is 7. The second-order valence-corrected chi connectivity index (χ2v) is 7.04. The number of hydrogen-bond donors (Lipinski definition) is 2. The number of nitrogens with one attached hydrogen (secondary N) is 1. The van der Waals surface area contributed by atoms with Gasteiger partial charge >= 0.3 is 6.18 Å². The highest BCUT2D eigenvalue weighted by atomic mass is 32.2. The number of thioether (sulfide) groups is 1. The number of aliphatic hydroxyl groups excluding tert-OH is 1. The largest absolute Gasteiger partial charge is 0.416 e. The van der Waals surface area contributed by atoms with Gasteiger partial charge in [-0.3, -0.25) is 4.79 Å². The fraction of sp³-hybridized carbons (Fsp3) is 0.412. The Kier molecular flexibility index (Phi) is 5.57. The van der Waals surface area contributed by atoms with Gasteiger partial charge in [-0.2, -0.15) is 13.2 Å². The Labute approximate surface area is 152 Å². The van der Waals surface area contributed by atoms with E-state index in [9.17, 15) is 23.1 Å². The molecule has 5 nitrogen and oxygen atoms in total. The van der Waals surface area contributed by atoms with E-state index in [4.69, 9.17) is 0 Å². The zero-order chi connectivity index (χ0) is 18.7. The SMILES string of the molecule is O=C(Cn1c(CO)cnc1SCc1ccc(C(F)(F)F)cc1)NC1CC1. The van der Waals surface area contributed by atoms with Crippen molar-refractivity contribution in [3.05, 3.63) is 47.3 Å². The molecular weight excluding hydrogens is 367 g/mol. The van der Waals surface area contributed by atoms with E-state index in [1.807, 2.05) is 0 Å².